The smallest absolute Gasteiger partial charge is 0.407 e. The Morgan fingerprint density at radius 1 is 1.14 bits per heavy atom. The third-order valence-corrected chi connectivity index (χ3v) is 9.21. The number of aryl methyl sites for hydroxylation is 2. The fourth-order valence-electron chi connectivity index (χ4n) is 6.91. The number of likely N-dealkylation sites (tertiary alicyclic amines) is 1. The Morgan fingerprint density at radius 3 is 2.58 bits per heavy atom. The number of H-pyrrole nitrogens is 1. The minimum atomic E-state index is -0.703. The topological polar surface area (TPSA) is 122 Å². The van der Waals surface area contributed by atoms with Gasteiger partial charge in [0.15, 0.2) is 0 Å². The molecular weight excluding hydrogens is 639 g/mol. The molecule has 1 fully saturated rings. The number of anilines is 1. The molecule has 0 spiro atoms. The Morgan fingerprint density at radius 2 is 1.90 bits per heavy atom. The number of carbonyl (C=O) groups excluding carboxylic acids is 3. The summed E-state index contributed by atoms with van der Waals surface area (Å²) in [5.74, 6) is -0.504. The number of nitrogens with one attached hydrogen (secondary N) is 2. The van der Waals surface area contributed by atoms with Crippen molar-refractivity contribution in [2.75, 3.05) is 38.8 Å². The van der Waals surface area contributed by atoms with Gasteiger partial charge in [-0.2, -0.15) is 5.10 Å². The molecule has 0 aliphatic carbocycles. The van der Waals surface area contributed by atoms with Crippen LogP contribution >= 0.6 is 0 Å². The van der Waals surface area contributed by atoms with Crippen LogP contribution in [0.4, 0.5) is 14.9 Å². The Kier molecular flexibility index (Phi) is 11.6. The lowest BCUT2D eigenvalue weighted by molar-refractivity contribution is -0.132. The number of halogens is 1. The van der Waals surface area contributed by atoms with Crippen LogP contribution in [-0.2, 0) is 27.2 Å². The van der Waals surface area contributed by atoms with Crippen molar-refractivity contribution in [1.29, 1.82) is 0 Å². The average molecular weight is 689 g/mol. The molecule has 0 radical (unpaired) electrons. The van der Waals surface area contributed by atoms with E-state index in [-0.39, 0.29) is 30.0 Å². The monoisotopic (exact) mass is 688 g/mol. The Hall–Kier alpha value is -4.71. The fraction of sp³-hybridized carbons (Fsp3) is 0.474. The van der Waals surface area contributed by atoms with E-state index in [1.54, 1.807) is 47.1 Å². The molecule has 1 saturated heterocycles. The van der Waals surface area contributed by atoms with Gasteiger partial charge >= 0.3 is 6.09 Å². The molecule has 2 N–H and O–H groups in total. The molecule has 2 aromatic heterocycles. The van der Waals surface area contributed by atoms with Crippen molar-refractivity contribution in [3.63, 3.8) is 0 Å². The van der Waals surface area contributed by atoms with Crippen molar-refractivity contribution in [3.05, 3.63) is 83.1 Å². The number of carbonyl (C=O) groups is 3. The molecule has 50 heavy (non-hydrogen) atoms. The predicted octanol–water partition coefficient (Wildman–Crippen LogP) is 6.36. The highest BCUT2D eigenvalue weighted by atomic mass is 19.1. The summed E-state index contributed by atoms with van der Waals surface area (Å²) < 4.78 is 28.2. The number of benzene rings is 2. The van der Waals surface area contributed by atoms with E-state index in [4.69, 9.17) is 9.47 Å². The number of amides is 3. The minimum Gasteiger partial charge on any atom is -0.444 e. The second-order valence-electron chi connectivity index (χ2n) is 14.1. The largest absolute Gasteiger partial charge is 0.444 e. The van der Waals surface area contributed by atoms with E-state index < -0.39 is 17.7 Å². The molecule has 1 aliphatic rings. The maximum Gasteiger partial charge on any atom is 0.407 e. The molecule has 12 heteroatoms. The van der Waals surface area contributed by atoms with Crippen LogP contribution in [0.15, 0.2) is 54.7 Å². The zero-order chi connectivity index (χ0) is 36.0. The first-order valence-corrected chi connectivity index (χ1v) is 17.3. The number of nitrogens with zero attached hydrogens (tertiary/aromatic N) is 4. The van der Waals surface area contributed by atoms with Crippen molar-refractivity contribution < 1.29 is 28.2 Å². The molecule has 1 aliphatic heterocycles. The SMILES string of the molecule is COCCCn1c(C2CCCN(C(=O)CC(Cc3ccc(N(C)C(=O)c4ccn[nH]4)cc3)NC(=O)OC(C)(C)C)C2)c(C)c2cccc(F)c21. The summed E-state index contributed by atoms with van der Waals surface area (Å²) >= 11 is 0. The Bertz CT molecular complexity index is 1780. The van der Waals surface area contributed by atoms with Gasteiger partial charge in [-0.05, 0) is 88.8 Å². The molecule has 3 amide bonds. The van der Waals surface area contributed by atoms with Gasteiger partial charge in [0.05, 0.1) is 5.52 Å². The van der Waals surface area contributed by atoms with E-state index in [2.05, 4.69) is 20.1 Å². The van der Waals surface area contributed by atoms with Crippen molar-refractivity contribution in [1.82, 2.24) is 25.0 Å². The van der Waals surface area contributed by atoms with E-state index in [9.17, 15) is 14.4 Å². The highest BCUT2D eigenvalue weighted by Crippen LogP contribution is 2.37. The molecule has 5 rings (SSSR count). The van der Waals surface area contributed by atoms with Crippen molar-refractivity contribution in [3.8, 4) is 0 Å². The number of hydrogen-bond acceptors (Lipinski definition) is 6. The highest BCUT2D eigenvalue weighted by molar-refractivity contribution is 6.04. The summed E-state index contributed by atoms with van der Waals surface area (Å²) in [4.78, 5) is 43.1. The molecule has 2 unspecified atom stereocenters. The van der Waals surface area contributed by atoms with Gasteiger partial charge in [-0.1, -0.05) is 24.3 Å². The predicted molar refractivity (Wildman–Crippen MR) is 191 cm³/mol. The van der Waals surface area contributed by atoms with Gasteiger partial charge in [0.2, 0.25) is 5.91 Å². The zero-order valence-corrected chi connectivity index (χ0v) is 29.9. The van der Waals surface area contributed by atoms with E-state index in [0.29, 0.717) is 49.6 Å². The number of para-hydroxylation sites is 1. The highest BCUT2D eigenvalue weighted by Gasteiger charge is 2.31. The third kappa shape index (κ3) is 8.71. The molecule has 3 heterocycles. The number of methoxy groups -OCH3 is 1. The van der Waals surface area contributed by atoms with Crippen LogP contribution in [0.5, 0.6) is 0 Å². The normalized spacial score (nSPS) is 15.6. The van der Waals surface area contributed by atoms with Gasteiger partial charge in [0.25, 0.3) is 5.91 Å². The molecule has 0 saturated carbocycles. The molecule has 268 valence electrons. The van der Waals surface area contributed by atoms with E-state index in [1.165, 1.54) is 17.2 Å². The number of piperidine rings is 1. The van der Waals surface area contributed by atoms with Crippen LogP contribution in [0.2, 0.25) is 0 Å². The maximum atomic E-state index is 15.2. The number of alkyl carbamates (subject to hydrolysis) is 1. The molecule has 11 nitrogen and oxygen atoms in total. The van der Waals surface area contributed by atoms with E-state index in [1.807, 2.05) is 42.2 Å². The van der Waals surface area contributed by atoms with E-state index >= 15 is 4.39 Å². The first-order valence-electron chi connectivity index (χ1n) is 17.3. The van der Waals surface area contributed by atoms with Crippen molar-refractivity contribution in [2.24, 2.45) is 0 Å². The molecule has 0 bridgehead atoms. The number of hydrogen-bond donors (Lipinski definition) is 2. The summed E-state index contributed by atoms with van der Waals surface area (Å²) in [6.45, 7) is 9.73. The van der Waals surface area contributed by atoms with Crippen LogP contribution < -0.4 is 10.2 Å². The summed E-state index contributed by atoms with van der Waals surface area (Å²) in [6, 6.07) is 13.7. The summed E-state index contributed by atoms with van der Waals surface area (Å²) in [6.07, 6.45) is 3.84. The number of ether oxygens (including phenoxy) is 2. The first-order chi connectivity index (χ1) is 23.9. The fourth-order valence-corrected chi connectivity index (χ4v) is 6.91. The van der Waals surface area contributed by atoms with Gasteiger partial charge in [-0.25, -0.2) is 9.18 Å². The number of aromatic amines is 1. The molecular formula is C38H49FN6O5. The lowest BCUT2D eigenvalue weighted by Crippen LogP contribution is -2.46. The van der Waals surface area contributed by atoms with Crippen molar-refractivity contribution >= 4 is 34.5 Å². The van der Waals surface area contributed by atoms with Gasteiger partial charge in [0, 0.05) is 81.7 Å². The van der Waals surface area contributed by atoms with Crippen molar-refractivity contribution in [2.45, 2.75) is 83.9 Å². The molecule has 2 aromatic carbocycles. The second kappa shape index (κ2) is 15.9. The Balaban J connectivity index is 1.33. The standard InChI is InChI=1S/C38H49FN6O5/c1-25-30-11-7-12-31(39)35(30)45(20-9-21-49-6)34(25)27-10-8-19-44(24-27)33(46)23-28(41-37(48)50-38(2,3)4)22-26-13-15-29(16-14-26)43(5)36(47)32-17-18-40-42-32/h7,11-18,27-28H,8-10,19-24H2,1-6H3,(H,40,42)(H,41,48). The lowest BCUT2D eigenvalue weighted by Gasteiger charge is -2.35. The number of aromatic nitrogens is 3. The van der Waals surface area contributed by atoms with Gasteiger partial charge < -0.3 is 29.2 Å². The maximum absolute atomic E-state index is 15.2. The molecule has 2 atom stereocenters. The zero-order valence-electron chi connectivity index (χ0n) is 29.9. The summed E-state index contributed by atoms with van der Waals surface area (Å²) in [5, 5.41) is 10.4. The molecule has 4 aromatic rings. The number of rotatable bonds is 12. The van der Waals surface area contributed by atoms with Gasteiger partial charge in [0.1, 0.15) is 17.1 Å². The van der Waals surface area contributed by atoms with Gasteiger partial charge in [-0.15, -0.1) is 0 Å². The third-order valence-electron chi connectivity index (χ3n) is 9.21. The van der Waals surface area contributed by atoms with Crippen LogP contribution in [-0.4, -0.2) is 83.1 Å². The lowest BCUT2D eigenvalue weighted by atomic mass is 9.91. The average Bonchev–Trinajstić information content (AvgIpc) is 3.71. The summed E-state index contributed by atoms with van der Waals surface area (Å²) in [7, 11) is 3.35. The van der Waals surface area contributed by atoms with E-state index in [0.717, 1.165) is 41.5 Å². The number of fused-ring (bicyclic) bond motifs is 1. The minimum absolute atomic E-state index is 0.0355. The first kappa shape index (κ1) is 36.6. The Labute approximate surface area is 293 Å². The van der Waals surface area contributed by atoms with Crippen LogP contribution in [0.25, 0.3) is 10.9 Å². The van der Waals surface area contributed by atoms with Crippen LogP contribution in [0.1, 0.15) is 79.7 Å². The van der Waals surface area contributed by atoms with Crippen LogP contribution in [0, 0.1) is 12.7 Å². The van der Waals surface area contributed by atoms with Crippen LogP contribution in [0.3, 0.4) is 0 Å². The van der Waals surface area contributed by atoms with Gasteiger partial charge in [-0.3, -0.25) is 14.7 Å². The quantitative estimate of drug-likeness (QED) is 0.167. The summed E-state index contributed by atoms with van der Waals surface area (Å²) in [5.41, 5.74) is 3.97. The second-order valence-corrected chi connectivity index (χ2v) is 14.1.